The highest BCUT2D eigenvalue weighted by atomic mass is 35.5. The monoisotopic (exact) mass is 602 g/mol. The van der Waals surface area contributed by atoms with Gasteiger partial charge in [0.1, 0.15) is 0 Å². The summed E-state index contributed by atoms with van der Waals surface area (Å²) in [5.74, 6) is -56.8. The average Bonchev–Trinajstić information content (AvgIpc) is 2.71. The van der Waals surface area contributed by atoms with E-state index in [2.05, 4.69) is 4.74 Å². The van der Waals surface area contributed by atoms with Crippen molar-refractivity contribution < 1.29 is 79.4 Å². The SMILES string of the molecule is COC(C)(CC(F)(F)C(F)(F)C(F)(F)C(F)(F)C(F)(F)C(F)(F)C(F)(F)C(F)(F)F)c1ccccc1Cl. The fraction of sp³-hybridized carbons (Fsp3) is 0.667. The van der Waals surface area contributed by atoms with E-state index in [0.717, 1.165) is 24.3 Å². The molecule has 0 radical (unpaired) electrons. The third-order valence-electron chi connectivity index (χ3n) is 5.24. The van der Waals surface area contributed by atoms with Crippen LogP contribution >= 0.6 is 11.6 Å². The first kappa shape index (κ1) is 33.3. The first-order valence-electron chi connectivity index (χ1n) is 9.05. The van der Waals surface area contributed by atoms with Gasteiger partial charge in [-0.05, 0) is 13.0 Å². The Hall–Kier alpha value is -1.72. The maximum atomic E-state index is 14.4. The molecule has 0 aliphatic rings. The van der Waals surface area contributed by atoms with Gasteiger partial charge in [0.15, 0.2) is 0 Å². The smallest absolute Gasteiger partial charge is 0.374 e. The van der Waals surface area contributed by atoms with E-state index in [1.807, 2.05) is 0 Å². The number of methoxy groups -OCH3 is 1. The second-order valence-electron chi connectivity index (χ2n) is 7.74. The molecule has 0 aliphatic heterocycles. The van der Waals surface area contributed by atoms with Crippen LogP contribution in [-0.2, 0) is 10.3 Å². The largest absolute Gasteiger partial charge is 0.460 e. The van der Waals surface area contributed by atoms with Gasteiger partial charge in [0.2, 0.25) is 0 Å². The summed E-state index contributed by atoms with van der Waals surface area (Å²) in [4.78, 5) is 0. The van der Waals surface area contributed by atoms with E-state index in [9.17, 15) is 74.6 Å². The summed E-state index contributed by atoms with van der Waals surface area (Å²) in [6, 6.07) is 3.88. The van der Waals surface area contributed by atoms with E-state index < -0.39 is 70.2 Å². The fourth-order valence-electron chi connectivity index (χ4n) is 2.90. The molecule has 1 aromatic rings. The molecule has 19 heteroatoms. The molecule has 0 aliphatic carbocycles. The van der Waals surface area contributed by atoms with Crippen molar-refractivity contribution in [2.45, 2.75) is 66.6 Å². The van der Waals surface area contributed by atoms with Gasteiger partial charge in [-0.3, -0.25) is 0 Å². The molecule has 1 atom stereocenters. The molecule has 0 spiro atoms. The molecule has 0 N–H and O–H groups in total. The van der Waals surface area contributed by atoms with Crippen LogP contribution in [0.25, 0.3) is 0 Å². The van der Waals surface area contributed by atoms with Crippen LogP contribution < -0.4 is 0 Å². The van der Waals surface area contributed by atoms with Crippen LogP contribution in [0.2, 0.25) is 5.02 Å². The first-order valence-corrected chi connectivity index (χ1v) is 9.43. The van der Waals surface area contributed by atoms with E-state index in [0.29, 0.717) is 14.0 Å². The van der Waals surface area contributed by atoms with Crippen LogP contribution in [-0.4, -0.2) is 54.7 Å². The predicted octanol–water partition coefficient (Wildman–Crippen LogP) is 8.60. The van der Waals surface area contributed by atoms with Crippen molar-refractivity contribution in [3.05, 3.63) is 34.9 Å². The molecule has 1 unspecified atom stereocenters. The molecule has 216 valence electrons. The van der Waals surface area contributed by atoms with Crippen molar-refractivity contribution in [1.82, 2.24) is 0 Å². The Balaban J connectivity index is 3.69. The predicted molar refractivity (Wildman–Crippen MR) is 91.1 cm³/mol. The number of ether oxygens (including phenoxy) is 1. The van der Waals surface area contributed by atoms with Gasteiger partial charge in [0.25, 0.3) is 0 Å². The van der Waals surface area contributed by atoms with E-state index in [-0.39, 0.29) is 0 Å². The highest BCUT2D eigenvalue weighted by molar-refractivity contribution is 6.31. The zero-order valence-corrected chi connectivity index (χ0v) is 18.5. The maximum absolute atomic E-state index is 14.4. The fourth-order valence-corrected chi connectivity index (χ4v) is 3.23. The summed E-state index contributed by atoms with van der Waals surface area (Å²) >= 11 is 5.66. The van der Waals surface area contributed by atoms with Crippen molar-refractivity contribution in [2.75, 3.05) is 7.11 Å². The van der Waals surface area contributed by atoms with Gasteiger partial charge >= 0.3 is 47.6 Å². The number of halogens is 18. The van der Waals surface area contributed by atoms with Gasteiger partial charge in [0.05, 0.1) is 12.0 Å². The Bertz CT molecular complexity index is 971. The molecule has 0 saturated heterocycles. The van der Waals surface area contributed by atoms with E-state index in [1.165, 1.54) is 0 Å². The minimum Gasteiger partial charge on any atom is -0.374 e. The van der Waals surface area contributed by atoms with Gasteiger partial charge in [-0.1, -0.05) is 29.8 Å². The Morgan fingerprint density at radius 1 is 0.595 bits per heavy atom. The second kappa shape index (κ2) is 9.19. The lowest BCUT2D eigenvalue weighted by Crippen LogP contribution is -2.74. The Morgan fingerprint density at radius 3 is 1.30 bits per heavy atom. The zero-order chi connectivity index (χ0) is 29.9. The van der Waals surface area contributed by atoms with Crippen LogP contribution in [0.1, 0.15) is 18.9 Å². The number of hydrogen-bond donors (Lipinski definition) is 0. The molecular weight excluding hydrogens is 591 g/mol. The minimum atomic E-state index is -8.67. The lowest BCUT2D eigenvalue weighted by Gasteiger charge is -2.44. The summed E-state index contributed by atoms with van der Waals surface area (Å²) in [5.41, 5.74) is -3.57. The minimum absolute atomic E-state index is 0.459. The topological polar surface area (TPSA) is 9.23 Å². The number of benzene rings is 1. The lowest BCUT2D eigenvalue weighted by molar-refractivity contribution is -0.462. The third-order valence-corrected chi connectivity index (χ3v) is 5.57. The Morgan fingerprint density at radius 2 is 0.946 bits per heavy atom. The van der Waals surface area contributed by atoms with Crippen molar-refractivity contribution >= 4 is 11.6 Å². The van der Waals surface area contributed by atoms with Crippen LogP contribution in [0, 0.1) is 0 Å². The van der Waals surface area contributed by atoms with Gasteiger partial charge in [0, 0.05) is 17.7 Å². The summed E-state index contributed by atoms with van der Waals surface area (Å²) < 4.78 is 233. The van der Waals surface area contributed by atoms with Gasteiger partial charge in [-0.2, -0.15) is 74.6 Å². The highest BCUT2D eigenvalue weighted by Gasteiger charge is 2.95. The summed E-state index contributed by atoms with van der Waals surface area (Å²) in [6.07, 6.45) is -10.6. The van der Waals surface area contributed by atoms with E-state index in [1.54, 1.807) is 0 Å². The van der Waals surface area contributed by atoms with Gasteiger partial charge in [-0.15, -0.1) is 0 Å². The zero-order valence-electron chi connectivity index (χ0n) is 17.7. The molecule has 1 nitrogen and oxygen atoms in total. The van der Waals surface area contributed by atoms with Crippen LogP contribution in [0.5, 0.6) is 0 Å². The molecule has 1 rings (SSSR count). The standard InChI is InChI=1S/C18H12ClF17O/c1-10(37-2,8-5-3-4-6-9(8)19)7-11(20,21)12(22,23)13(24,25)14(26,27)15(28,29)16(30,31)17(32,33)18(34,35)36/h3-6H,7H2,1-2H3. The van der Waals surface area contributed by atoms with Crippen molar-refractivity contribution in [1.29, 1.82) is 0 Å². The first-order chi connectivity index (χ1) is 16.0. The van der Waals surface area contributed by atoms with Crippen molar-refractivity contribution in [3.8, 4) is 0 Å². The molecular formula is C18H12ClF17O. The number of alkyl halides is 17. The average molecular weight is 603 g/mol. The van der Waals surface area contributed by atoms with Crippen LogP contribution in [0.4, 0.5) is 74.6 Å². The molecule has 0 fully saturated rings. The summed E-state index contributed by atoms with van der Waals surface area (Å²) in [7, 11) is 0.498. The molecule has 0 amide bonds. The maximum Gasteiger partial charge on any atom is 0.460 e. The summed E-state index contributed by atoms with van der Waals surface area (Å²) in [5, 5.41) is -0.552. The Labute approximate surface area is 200 Å². The van der Waals surface area contributed by atoms with Crippen LogP contribution in [0.15, 0.2) is 24.3 Å². The van der Waals surface area contributed by atoms with Gasteiger partial charge < -0.3 is 4.74 Å². The van der Waals surface area contributed by atoms with Crippen molar-refractivity contribution in [2.24, 2.45) is 0 Å². The van der Waals surface area contributed by atoms with E-state index >= 15 is 0 Å². The Kier molecular flexibility index (Phi) is 8.27. The quantitative estimate of drug-likeness (QED) is 0.244. The number of rotatable bonds is 10. The van der Waals surface area contributed by atoms with Crippen LogP contribution in [0.3, 0.4) is 0 Å². The van der Waals surface area contributed by atoms with E-state index in [4.69, 9.17) is 11.6 Å². The number of hydrogen-bond acceptors (Lipinski definition) is 1. The molecule has 1 aromatic carbocycles. The normalized spacial score (nSPS) is 17.1. The molecule has 0 bridgehead atoms. The van der Waals surface area contributed by atoms with Crippen molar-refractivity contribution in [3.63, 3.8) is 0 Å². The molecule has 0 saturated carbocycles. The highest BCUT2D eigenvalue weighted by Crippen LogP contribution is 2.64. The second-order valence-corrected chi connectivity index (χ2v) is 8.15. The third kappa shape index (κ3) is 4.69. The molecule has 0 heterocycles. The lowest BCUT2D eigenvalue weighted by atomic mass is 9.83. The molecule has 37 heavy (non-hydrogen) atoms. The summed E-state index contributed by atoms with van der Waals surface area (Å²) in [6.45, 7) is 0.459. The molecule has 0 aromatic heterocycles. The van der Waals surface area contributed by atoms with Gasteiger partial charge in [-0.25, -0.2) is 0 Å².